The molecule has 0 aliphatic carbocycles. The summed E-state index contributed by atoms with van der Waals surface area (Å²) in [6, 6.07) is 10.8. The van der Waals surface area contributed by atoms with Gasteiger partial charge in [-0.1, -0.05) is 23.2 Å². The number of pyridine rings is 4. The summed E-state index contributed by atoms with van der Waals surface area (Å²) < 4.78 is 1.75. The van der Waals surface area contributed by atoms with E-state index in [1.807, 2.05) is 31.6 Å². The number of nitrogens with one attached hydrogen (secondary N) is 1. The first-order chi connectivity index (χ1) is 16.0. The van der Waals surface area contributed by atoms with Crippen molar-refractivity contribution in [2.45, 2.75) is 0 Å². The van der Waals surface area contributed by atoms with Gasteiger partial charge >= 0.3 is 0 Å². The number of hydrogen-bond donors (Lipinski definition) is 2. The standard InChI is InChI=1S/C12H9ClN4.C11H9ClN4/c1-17-7-9(6-15-17)8-4-11-10(14-5-8)2-3-12(13)16-11;12-11-2-1-9-10(16-11)3-7(6-15-9)8(4-13)5-14/h2-7H,1H3;1-6,13H,14H2/b;8-5+,13-4?. The summed E-state index contributed by atoms with van der Waals surface area (Å²) in [5, 5.41) is 12.2. The molecular formula is C23H18Cl2N8. The van der Waals surface area contributed by atoms with Crippen LogP contribution in [0.3, 0.4) is 0 Å². The van der Waals surface area contributed by atoms with Crippen LogP contribution in [0.25, 0.3) is 38.8 Å². The van der Waals surface area contributed by atoms with Gasteiger partial charge in [0.15, 0.2) is 0 Å². The van der Waals surface area contributed by atoms with E-state index in [9.17, 15) is 0 Å². The fraction of sp³-hybridized carbons (Fsp3) is 0.0435. The van der Waals surface area contributed by atoms with Gasteiger partial charge in [0.2, 0.25) is 0 Å². The van der Waals surface area contributed by atoms with Gasteiger partial charge in [-0.15, -0.1) is 0 Å². The predicted octanol–water partition coefficient (Wildman–Crippen LogP) is 4.92. The van der Waals surface area contributed by atoms with Crippen LogP contribution < -0.4 is 5.73 Å². The minimum atomic E-state index is 0.416. The lowest BCUT2D eigenvalue weighted by Gasteiger charge is -2.02. The molecular weight excluding hydrogens is 459 g/mol. The van der Waals surface area contributed by atoms with Gasteiger partial charge in [0.25, 0.3) is 0 Å². The number of nitrogens with two attached hydrogens (primary N) is 1. The molecule has 0 spiro atoms. The molecule has 0 bridgehead atoms. The number of aromatic nitrogens is 6. The lowest BCUT2D eigenvalue weighted by atomic mass is 10.1. The van der Waals surface area contributed by atoms with Gasteiger partial charge in [-0.25, -0.2) is 9.97 Å². The van der Waals surface area contributed by atoms with Crippen LogP contribution in [0.2, 0.25) is 10.3 Å². The molecule has 0 aliphatic heterocycles. The first-order valence-corrected chi connectivity index (χ1v) is 10.5. The Bertz CT molecular complexity index is 1490. The van der Waals surface area contributed by atoms with E-state index in [-0.39, 0.29) is 0 Å². The number of rotatable bonds is 3. The van der Waals surface area contributed by atoms with E-state index in [0.29, 0.717) is 21.4 Å². The quantitative estimate of drug-likeness (QED) is 0.281. The third-order valence-corrected chi connectivity index (χ3v) is 5.13. The van der Waals surface area contributed by atoms with Gasteiger partial charge in [-0.3, -0.25) is 14.6 Å². The molecule has 0 fully saturated rings. The number of fused-ring (bicyclic) bond motifs is 2. The Morgan fingerprint density at radius 2 is 1.52 bits per heavy atom. The molecule has 33 heavy (non-hydrogen) atoms. The van der Waals surface area contributed by atoms with Crippen molar-refractivity contribution in [2.75, 3.05) is 0 Å². The van der Waals surface area contributed by atoms with Crippen molar-refractivity contribution in [3.63, 3.8) is 0 Å². The van der Waals surface area contributed by atoms with Gasteiger partial charge in [0.05, 0.1) is 28.3 Å². The number of aryl methyl sites for hydroxylation is 1. The van der Waals surface area contributed by atoms with E-state index in [1.165, 1.54) is 12.4 Å². The number of nitrogens with zero attached hydrogens (tertiary/aromatic N) is 6. The van der Waals surface area contributed by atoms with E-state index in [4.69, 9.17) is 34.3 Å². The topological polar surface area (TPSA) is 119 Å². The molecule has 0 saturated carbocycles. The minimum Gasteiger partial charge on any atom is -0.404 e. The molecule has 0 radical (unpaired) electrons. The average molecular weight is 477 g/mol. The largest absolute Gasteiger partial charge is 0.404 e. The zero-order valence-corrected chi connectivity index (χ0v) is 19.0. The van der Waals surface area contributed by atoms with Gasteiger partial charge < -0.3 is 11.1 Å². The third kappa shape index (κ3) is 5.14. The Morgan fingerprint density at radius 1 is 0.879 bits per heavy atom. The second kappa shape index (κ2) is 9.72. The highest BCUT2D eigenvalue weighted by molar-refractivity contribution is 6.30. The Hall–Kier alpha value is -3.88. The Balaban J connectivity index is 0.000000157. The molecule has 0 saturated heterocycles. The molecule has 5 aromatic rings. The van der Waals surface area contributed by atoms with Crippen molar-refractivity contribution in [1.29, 1.82) is 5.41 Å². The fourth-order valence-electron chi connectivity index (χ4n) is 3.08. The molecule has 5 heterocycles. The zero-order valence-electron chi connectivity index (χ0n) is 17.4. The molecule has 5 rings (SSSR count). The first-order valence-electron chi connectivity index (χ1n) is 9.73. The van der Waals surface area contributed by atoms with Crippen LogP contribution in [0.1, 0.15) is 5.56 Å². The number of allylic oxidation sites excluding steroid dienone is 1. The van der Waals surface area contributed by atoms with E-state index in [2.05, 4.69) is 25.0 Å². The Labute approximate surface area is 199 Å². The maximum atomic E-state index is 7.20. The van der Waals surface area contributed by atoms with E-state index >= 15 is 0 Å². The lowest BCUT2D eigenvalue weighted by Crippen LogP contribution is -1.93. The normalized spacial score (nSPS) is 11.3. The smallest absolute Gasteiger partial charge is 0.129 e. The van der Waals surface area contributed by atoms with Gasteiger partial charge in [-0.2, -0.15) is 5.10 Å². The Kier molecular flexibility index (Phi) is 6.58. The average Bonchev–Trinajstić information content (AvgIpc) is 3.26. The molecule has 8 nitrogen and oxygen atoms in total. The first kappa shape index (κ1) is 22.3. The second-order valence-electron chi connectivity index (χ2n) is 6.96. The SMILES string of the molecule is Cn1cc(-c2cnc3ccc(Cl)nc3c2)cn1.N=C/C(=C\N)c1cnc2ccc(Cl)nc2c1. The summed E-state index contributed by atoms with van der Waals surface area (Å²) in [5.41, 5.74) is 11.8. The van der Waals surface area contributed by atoms with Crippen LogP contribution in [0.4, 0.5) is 0 Å². The minimum absolute atomic E-state index is 0.416. The van der Waals surface area contributed by atoms with E-state index in [0.717, 1.165) is 33.2 Å². The summed E-state index contributed by atoms with van der Waals surface area (Å²) in [6.07, 6.45) is 9.74. The van der Waals surface area contributed by atoms with Crippen molar-refractivity contribution in [2.24, 2.45) is 12.8 Å². The fourth-order valence-corrected chi connectivity index (χ4v) is 3.39. The van der Waals surface area contributed by atoms with Gasteiger partial charge in [-0.05, 0) is 36.4 Å². The van der Waals surface area contributed by atoms with Crippen LogP contribution >= 0.6 is 23.2 Å². The Morgan fingerprint density at radius 3 is 2.09 bits per heavy atom. The summed E-state index contributed by atoms with van der Waals surface area (Å²) in [5.74, 6) is 0. The predicted molar refractivity (Wildman–Crippen MR) is 132 cm³/mol. The van der Waals surface area contributed by atoms with Crippen LogP contribution in [0.15, 0.2) is 67.4 Å². The molecule has 0 atom stereocenters. The van der Waals surface area contributed by atoms with Crippen molar-refractivity contribution >= 4 is 57.1 Å². The summed E-state index contributed by atoms with van der Waals surface area (Å²) in [7, 11) is 1.88. The van der Waals surface area contributed by atoms with Gasteiger partial charge in [0, 0.05) is 60.3 Å². The second-order valence-corrected chi connectivity index (χ2v) is 7.74. The molecule has 5 aromatic heterocycles. The number of halogens is 2. The van der Waals surface area contributed by atoms with Crippen molar-refractivity contribution in [3.05, 3.63) is 83.3 Å². The summed E-state index contributed by atoms with van der Waals surface area (Å²) >= 11 is 11.7. The molecule has 0 amide bonds. The highest BCUT2D eigenvalue weighted by Gasteiger charge is 2.05. The molecule has 0 aromatic carbocycles. The maximum absolute atomic E-state index is 7.20. The third-order valence-electron chi connectivity index (χ3n) is 4.71. The van der Waals surface area contributed by atoms with E-state index < -0.39 is 0 Å². The van der Waals surface area contributed by atoms with Crippen molar-refractivity contribution in [1.82, 2.24) is 29.7 Å². The summed E-state index contributed by atoms with van der Waals surface area (Å²) in [4.78, 5) is 17.0. The molecule has 164 valence electrons. The van der Waals surface area contributed by atoms with Gasteiger partial charge in [0.1, 0.15) is 10.3 Å². The van der Waals surface area contributed by atoms with Crippen molar-refractivity contribution in [3.8, 4) is 11.1 Å². The lowest BCUT2D eigenvalue weighted by molar-refractivity contribution is 0.768. The van der Waals surface area contributed by atoms with Crippen LogP contribution in [-0.2, 0) is 7.05 Å². The highest BCUT2D eigenvalue weighted by atomic mass is 35.5. The molecule has 3 N–H and O–H groups in total. The molecule has 10 heteroatoms. The van der Waals surface area contributed by atoms with Crippen LogP contribution in [0, 0.1) is 5.41 Å². The maximum Gasteiger partial charge on any atom is 0.129 e. The molecule has 0 unspecified atom stereocenters. The van der Waals surface area contributed by atoms with Crippen LogP contribution in [0.5, 0.6) is 0 Å². The summed E-state index contributed by atoms with van der Waals surface area (Å²) in [6.45, 7) is 0. The van der Waals surface area contributed by atoms with E-state index in [1.54, 1.807) is 41.3 Å². The monoisotopic (exact) mass is 476 g/mol. The molecule has 0 aliphatic rings. The van der Waals surface area contributed by atoms with Crippen LogP contribution in [-0.4, -0.2) is 35.9 Å². The number of hydrogen-bond acceptors (Lipinski definition) is 7. The van der Waals surface area contributed by atoms with Crippen molar-refractivity contribution < 1.29 is 0 Å². The zero-order chi connectivity index (χ0) is 23.4. The highest BCUT2D eigenvalue weighted by Crippen LogP contribution is 2.22.